The number of halogens is 1. The smallest absolute Gasteiger partial charge is 0.338 e. The third kappa shape index (κ3) is 2.74. The first kappa shape index (κ1) is 11.6. The van der Waals surface area contributed by atoms with E-state index < -0.39 is 5.97 Å². The van der Waals surface area contributed by atoms with Crippen LogP contribution in [0.25, 0.3) is 0 Å². The van der Waals surface area contributed by atoms with Crippen LogP contribution in [-0.4, -0.2) is 17.1 Å². The zero-order chi connectivity index (χ0) is 11.4. The molecule has 78 valence electrons. The van der Waals surface area contributed by atoms with Gasteiger partial charge in [-0.1, -0.05) is 12.0 Å². The van der Waals surface area contributed by atoms with Gasteiger partial charge in [0.1, 0.15) is 0 Å². The molecule has 0 bridgehead atoms. The van der Waals surface area contributed by atoms with E-state index in [-0.39, 0.29) is 11.6 Å². The molecule has 0 saturated carbocycles. The fourth-order valence-corrected chi connectivity index (χ4v) is 1.67. The predicted molar refractivity (Wildman–Crippen MR) is 63.0 cm³/mol. The molecule has 0 amide bonds. The fourth-order valence-electron chi connectivity index (χ4n) is 1.14. The van der Waals surface area contributed by atoms with Gasteiger partial charge in [0, 0.05) is 4.47 Å². The van der Waals surface area contributed by atoms with Gasteiger partial charge in [0.15, 0.2) is 0 Å². The molecule has 0 spiro atoms. The van der Waals surface area contributed by atoms with E-state index in [1.807, 2.05) is 0 Å². The van der Waals surface area contributed by atoms with Crippen LogP contribution >= 0.6 is 15.9 Å². The quantitative estimate of drug-likeness (QED) is 0.828. The minimum absolute atomic E-state index is 0.194. The van der Waals surface area contributed by atoms with Gasteiger partial charge in [0.2, 0.25) is 0 Å². The highest BCUT2D eigenvalue weighted by Crippen LogP contribution is 2.25. The van der Waals surface area contributed by atoms with Gasteiger partial charge in [-0.2, -0.15) is 0 Å². The molecule has 1 aromatic rings. The molecule has 2 N–H and O–H groups in total. The highest BCUT2D eigenvalue weighted by Gasteiger charge is 2.14. The van der Waals surface area contributed by atoms with Crippen molar-refractivity contribution in [1.82, 2.24) is 0 Å². The van der Waals surface area contributed by atoms with Gasteiger partial charge < -0.3 is 10.4 Å². The number of carboxylic acids is 1. The zero-order valence-corrected chi connectivity index (χ0v) is 9.71. The first-order chi connectivity index (χ1) is 7.06. The summed E-state index contributed by atoms with van der Waals surface area (Å²) in [5.41, 5.74) is 0.710. The van der Waals surface area contributed by atoms with Gasteiger partial charge in [-0.05, 0) is 35.0 Å². The molecule has 3 nitrogen and oxygen atoms in total. The number of hydrogen-bond acceptors (Lipinski definition) is 2. The van der Waals surface area contributed by atoms with Crippen LogP contribution in [0.15, 0.2) is 22.7 Å². The van der Waals surface area contributed by atoms with E-state index in [0.717, 1.165) is 0 Å². The lowest BCUT2D eigenvalue weighted by atomic mass is 10.1. The Hall–Kier alpha value is -1.47. The van der Waals surface area contributed by atoms with E-state index in [0.29, 0.717) is 10.2 Å². The van der Waals surface area contributed by atoms with Crippen LogP contribution in [-0.2, 0) is 0 Å². The van der Waals surface area contributed by atoms with Crippen LogP contribution in [0.1, 0.15) is 17.3 Å². The van der Waals surface area contributed by atoms with Crippen molar-refractivity contribution in [3.63, 3.8) is 0 Å². The van der Waals surface area contributed by atoms with Crippen molar-refractivity contribution in [2.24, 2.45) is 0 Å². The summed E-state index contributed by atoms with van der Waals surface area (Å²) in [5, 5.41) is 11.9. The Balaban J connectivity index is 3.13. The Labute approximate surface area is 96.6 Å². The van der Waals surface area contributed by atoms with E-state index in [1.165, 1.54) is 0 Å². The lowest BCUT2D eigenvalue weighted by molar-refractivity contribution is 0.0697. The highest BCUT2D eigenvalue weighted by atomic mass is 79.9. The average Bonchev–Trinajstić information content (AvgIpc) is 2.17. The lowest BCUT2D eigenvalue weighted by Crippen LogP contribution is -2.15. The molecule has 0 saturated heterocycles. The standard InChI is InChI=1S/C11H10BrNO2/c1-3-7(2)13-9-6-4-5-8(12)10(9)11(14)15/h1,4-7,13H,2H3,(H,14,15). The monoisotopic (exact) mass is 267 g/mol. The molecule has 0 aliphatic carbocycles. The fraction of sp³-hybridized carbons (Fsp3) is 0.182. The molecule has 1 unspecified atom stereocenters. The molecule has 0 aliphatic heterocycles. The minimum atomic E-state index is -0.991. The first-order valence-electron chi connectivity index (χ1n) is 4.30. The summed E-state index contributed by atoms with van der Waals surface area (Å²) in [7, 11) is 0. The van der Waals surface area contributed by atoms with E-state index >= 15 is 0 Å². The van der Waals surface area contributed by atoms with Crippen molar-refractivity contribution < 1.29 is 9.90 Å². The van der Waals surface area contributed by atoms with E-state index in [4.69, 9.17) is 11.5 Å². The van der Waals surface area contributed by atoms with Crippen molar-refractivity contribution in [1.29, 1.82) is 0 Å². The van der Waals surface area contributed by atoms with Crippen molar-refractivity contribution >= 4 is 27.6 Å². The zero-order valence-electron chi connectivity index (χ0n) is 8.12. The number of aromatic carboxylic acids is 1. The summed E-state index contributed by atoms with van der Waals surface area (Å²) >= 11 is 3.19. The Morgan fingerprint density at radius 3 is 2.87 bits per heavy atom. The molecule has 0 fully saturated rings. The minimum Gasteiger partial charge on any atom is -0.478 e. The molecule has 0 radical (unpaired) electrons. The maximum atomic E-state index is 11.0. The molecule has 1 rings (SSSR count). The Kier molecular flexibility index (Phi) is 3.75. The summed E-state index contributed by atoms with van der Waals surface area (Å²) in [4.78, 5) is 11.0. The van der Waals surface area contributed by atoms with Gasteiger partial charge in [-0.15, -0.1) is 6.42 Å². The lowest BCUT2D eigenvalue weighted by Gasteiger charge is -2.12. The maximum Gasteiger partial charge on any atom is 0.338 e. The molecule has 15 heavy (non-hydrogen) atoms. The molecule has 0 aromatic heterocycles. The van der Waals surface area contributed by atoms with Crippen molar-refractivity contribution in [3.8, 4) is 12.3 Å². The average molecular weight is 268 g/mol. The third-order valence-corrected chi connectivity index (χ3v) is 2.51. The van der Waals surface area contributed by atoms with Crippen molar-refractivity contribution in [2.45, 2.75) is 13.0 Å². The topological polar surface area (TPSA) is 49.3 Å². The second-order valence-corrected chi connectivity index (χ2v) is 3.85. The number of carboxylic acid groups (broad SMARTS) is 1. The van der Waals surface area contributed by atoms with Crippen LogP contribution < -0.4 is 5.32 Å². The predicted octanol–water partition coefficient (Wildman–Crippen LogP) is 2.58. The molecular weight excluding hydrogens is 258 g/mol. The van der Waals surface area contributed by atoms with Crippen LogP contribution in [0.2, 0.25) is 0 Å². The number of carbonyl (C=O) groups is 1. The summed E-state index contributed by atoms with van der Waals surface area (Å²) in [6, 6.07) is 4.90. The second kappa shape index (κ2) is 4.85. The van der Waals surface area contributed by atoms with Crippen molar-refractivity contribution in [2.75, 3.05) is 5.32 Å². The second-order valence-electron chi connectivity index (χ2n) is 3.00. The largest absolute Gasteiger partial charge is 0.478 e. The summed E-state index contributed by atoms with van der Waals surface area (Å²) in [6.45, 7) is 1.78. The number of rotatable bonds is 3. The number of hydrogen-bond donors (Lipinski definition) is 2. The highest BCUT2D eigenvalue weighted by molar-refractivity contribution is 9.10. The summed E-state index contributed by atoms with van der Waals surface area (Å²) in [5.74, 6) is 1.49. The number of nitrogens with one attached hydrogen (secondary N) is 1. The SMILES string of the molecule is C#CC(C)Nc1cccc(Br)c1C(=O)O. The Bertz CT molecular complexity index is 423. The van der Waals surface area contributed by atoms with Crippen molar-refractivity contribution in [3.05, 3.63) is 28.2 Å². The van der Waals surface area contributed by atoms with E-state index in [9.17, 15) is 4.79 Å². The van der Waals surface area contributed by atoms with Gasteiger partial charge in [-0.3, -0.25) is 0 Å². The first-order valence-corrected chi connectivity index (χ1v) is 5.10. The van der Waals surface area contributed by atoms with E-state index in [2.05, 4.69) is 27.2 Å². The van der Waals surface area contributed by atoms with Gasteiger partial charge in [0.05, 0.1) is 17.3 Å². The molecule has 0 heterocycles. The van der Waals surface area contributed by atoms with Crippen LogP contribution in [0.4, 0.5) is 5.69 Å². The molecule has 1 aromatic carbocycles. The normalized spacial score (nSPS) is 11.5. The van der Waals surface area contributed by atoms with Gasteiger partial charge in [0.25, 0.3) is 0 Å². The van der Waals surface area contributed by atoms with Gasteiger partial charge in [-0.25, -0.2) is 4.79 Å². The van der Waals surface area contributed by atoms with Crippen LogP contribution in [0.5, 0.6) is 0 Å². The Morgan fingerprint density at radius 1 is 1.67 bits per heavy atom. The number of terminal acetylenes is 1. The molecule has 1 atom stereocenters. The van der Waals surface area contributed by atoms with Gasteiger partial charge >= 0.3 is 5.97 Å². The summed E-state index contributed by atoms with van der Waals surface area (Å²) < 4.78 is 0.532. The summed E-state index contributed by atoms with van der Waals surface area (Å²) in [6.07, 6.45) is 5.21. The number of anilines is 1. The van der Waals surface area contributed by atoms with Crippen LogP contribution in [0.3, 0.4) is 0 Å². The molecular formula is C11H10BrNO2. The molecule has 0 aliphatic rings. The van der Waals surface area contributed by atoms with E-state index in [1.54, 1.807) is 25.1 Å². The Morgan fingerprint density at radius 2 is 2.33 bits per heavy atom. The molecule has 4 heteroatoms. The van der Waals surface area contributed by atoms with Crippen LogP contribution in [0, 0.1) is 12.3 Å². The third-order valence-electron chi connectivity index (χ3n) is 1.85. The maximum absolute atomic E-state index is 11.0. The number of benzene rings is 1.